The molecule has 0 radical (unpaired) electrons. The van der Waals surface area contributed by atoms with Gasteiger partial charge in [0.1, 0.15) is 0 Å². The second-order valence-electron chi connectivity index (χ2n) is 8.07. The van der Waals surface area contributed by atoms with Crippen molar-refractivity contribution in [2.24, 2.45) is 0 Å². The smallest absolute Gasteiger partial charge is 0.243 e. The molecule has 1 heterocycles. The number of nitrogens with zero attached hydrogens (tertiary/aromatic N) is 2. The molecule has 0 unspecified atom stereocenters. The minimum Gasteiger partial charge on any atom is -0.290 e. The molecule has 1 saturated heterocycles. The summed E-state index contributed by atoms with van der Waals surface area (Å²) in [5.74, 6) is 0. The van der Waals surface area contributed by atoms with Crippen LogP contribution in [-0.4, -0.2) is 43.8 Å². The fourth-order valence-electron chi connectivity index (χ4n) is 4.23. The molecular weight excluding hydrogens is 428 g/mol. The van der Waals surface area contributed by atoms with Crippen LogP contribution in [0.3, 0.4) is 0 Å². The minimum atomic E-state index is -3.52. The molecule has 4 nitrogen and oxygen atoms in total. The Hall–Kier alpha value is -2.18. The van der Waals surface area contributed by atoms with E-state index in [0.717, 1.165) is 0 Å². The first-order chi connectivity index (χ1) is 14.9. The second-order valence-corrected chi connectivity index (χ2v) is 10.4. The molecule has 0 N–H and O–H groups in total. The van der Waals surface area contributed by atoms with E-state index in [-0.39, 0.29) is 6.04 Å². The third kappa shape index (κ3) is 4.70. The van der Waals surface area contributed by atoms with Gasteiger partial charge in [-0.3, -0.25) is 4.90 Å². The molecule has 1 fully saturated rings. The fourth-order valence-corrected chi connectivity index (χ4v) is 5.78. The van der Waals surface area contributed by atoms with E-state index < -0.39 is 10.0 Å². The van der Waals surface area contributed by atoms with Crippen molar-refractivity contribution in [3.8, 4) is 0 Å². The Kier molecular flexibility index (Phi) is 6.49. The highest BCUT2D eigenvalue weighted by atomic mass is 35.5. The van der Waals surface area contributed by atoms with Gasteiger partial charge in [-0.2, -0.15) is 4.31 Å². The number of piperazine rings is 1. The van der Waals surface area contributed by atoms with Crippen molar-refractivity contribution in [3.63, 3.8) is 0 Å². The Bertz CT molecular complexity index is 1140. The topological polar surface area (TPSA) is 40.6 Å². The lowest BCUT2D eigenvalue weighted by Gasteiger charge is -2.39. The number of halogens is 1. The average Bonchev–Trinajstić information content (AvgIpc) is 2.78. The van der Waals surface area contributed by atoms with Crippen LogP contribution in [0.4, 0.5) is 0 Å². The standard InChI is InChI=1S/C25H27ClN2O2S/c1-19-8-9-20(2)24(18-19)25(21-6-4-3-5-7-21)27-14-16-28(17-15-27)31(29,30)23-12-10-22(26)11-13-23/h3-13,18,25H,14-17H2,1-2H3/t25-/m0/s1. The van der Waals surface area contributed by atoms with Crippen LogP contribution in [0.15, 0.2) is 77.7 Å². The molecule has 0 amide bonds. The maximum Gasteiger partial charge on any atom is 0.243 e. The molecule has 1 aliphatic rings. The van der Waals surface area contributed by atoms with Gasteiger partial charge in [0.05, 0.1) is 10.9 Å². The predicted molar refractivity (Wildman–Crippen MR) is 126 cm³/mol. The number of hydrogen-bond acceptors (Lipinski definition) is 3. The molecular formula is C25H27ClN2O2S. The van der Waals surface area contributed by atoms with Gasteiger partial charge in [0.15, 0.2) is 0 Å². The normalized spacial score (nSPS) is 16.9. The summed E-state index contributed by atoms with van der Waals surface area (Å²) in [5, 5.41) is 0.531. The van der Waals surface area contributed by atoms with Gasteiger partial charge in [0.25, 0.3) is 0 Å². The van der Waals surface area contributed by atoms with E-state index in [9.17, 15) is 8.42 Å². The number of sulfonamides is 1. The number of rotatable bonds is 5. The largest absolute Gasteiger partial charge is 0.290 e. The van der Waals surface area contributed by atoms with E-state index in [0.29, 0.717) is 36.1 Å². The Morgan fingerprint density at radius 3 is 2.13 bits per heavy atom. The summed E-state index contributed by atoms with van der Waals surface area (Å²) in [6.45, 7) is 6.51. The van der Waals surface area contributed by atoms with E-state index in [4.69, 9.17) is 11.6 Å². The molecule has 0 aliphatic carbocycles. The third-order valence-corrected chi connectivity index (χ3v) is 8.10. The summed E-state index contributed by atoms with van der Waals surface area (Å²) in [7, 11) is -3.52. The van der Waals surface area contributed by atoms with Crippen molar-refractivity contribution < 1.29 is 8.42 Å². The average molecular weight is 455 g/mol. The number of benzene rings is 3. The predicted octanol–water partition coefficient (Wildman–Crippen LogP) is 5.05. The van der Waals surface area contributed by atoms with Crippen LogP contribution in [-0.2, 0) is 10.0 Å². The van der Waals surface area contributed by atoms with E-state index in [1.54, 1.807) is 28.6 Å². The van der Waals surface area contributed by atoms with E-state index >= 15 is 0 Å². The van der Waals surface area contributed by atoms with E-state index in [1.165, 1.54) is 22.3 Å². The van der Waals surface area contributed by atoms with Crippen molar-refractivity contribution in [1.29, 1.82) is 0 Å². The van der Waals surface area contributed by atoms with Gasteiger partial charge in [0.2, 0.25) is 10.0 Å². The second kappa shape index (κ2) is 9.13. The van der Waals surface area contributed by atoms with Crippen LogP contribution < -0.4 is 0 Å². The van der Waals surface area contributed by atoms with E-state index in [2.05, 4.69) is 61.2 Å². The van der Waals surface area contributed by atoms with Crippen LogP contribution >= 0.6 is 11.6 Å². The maximum atomic E-state index is 13.1. The molecule has 1 aliphatic heterocycles. The van der Waals surface area contributed by atoms with Gasteiger partial charge in [0, 0.05) is 31.2 Å². The van der Waals surface area contributed by atoms with Gasteiger partial charge >= 0.3 is 0 Å². The number of hydrogen-bond donors (Lipinski definition) is 0. The molecule has 0 bridgehead atoms. The maximum absolute atomic E-state index is 13.1. The SMILES string of the molecule is Cc1ccc(C)c([C@H](c2ccccc2)N2CCN(S(=O)(=O)c3ccc(Cl)cc3)CC2)c1. The summed E-state index contributed by atoms with van der Waals surface area (Å²) >= 11 is 5.93. The number of aryl methyl sites for hydroxylation is 2. The minimum absolute atomic E-state index is 0.0986. The first kappa shape index (κ1) is 22.0. The van der Waals surface area contributed by atoms with Crippen LogP contribution in [0.5, 0.6) is 0 Å². The summed E-state index contributed by atoms with van der Waals surface area (Å²) in [6.07, 6.45) is 0. The Morgan fingerprint density at radius 2 is 1.48 bits per heavy atom. The van der Waals surface area contributed by atoms with Crippen LogP contribution in [0, 0.1) is 13.8 Å². The molecule has 0 aromatic heterocycles. The fraction of sp³-hybridized carbons (Fsp3) is 0.280. The summed E-state index contributed by atoms with van der Waals surface area (Å²) in [4.78, 5) is 2.69. The van der Waals surface area contributed by atoms with Crippen molar-refractivity contribution in [2.45, 2.75) is 24.8 Å². The van der Waals surface area contributed by atoms with Crippen molar-refractivity contribution in [3.05, 3.63) is 100 Å². The van der Waals surface area contributed by atoms with Crippen molar-refractivity contribution in [2.75, 3.05) is 26.2 Å². The lowest BCUT2D eigenvalue weighted by atomic mass is 9.92. The first-order valence-corrected chi connectivity index (χ1v) is 12.3. The van der Waals surface area contributed by atoms with Crippen LogP contribution in [0.1, 0.15) is 28.3 Å². The quantitative estimate of drug-likeness (QED) is 0.541. The summed E-state index contributed by atoms with van der Waals surface area (Å²) < 4.78 is 27.7. The van der Waals surface area contributed by atoms with Gasteiger partial charge in [-0.25, -0.2) is 8.42 Å². The van der Waals surface area contributed by atoms with Gasteiger partial charge in [-0.05, 0) is 54.8 Å². The first-order valence-electron chi connectivity index (χ1n) is 10.5. The zero-order valence-corrected chi connectivity index (χ0v) is 19.4. The molecule has 0 saturated carbocycles. The Morgan fingerprint density at radius 1 is 0.839 bits per heavy atom. The molecule has 162 valence electrons. The van der Waals surface area contributed by atoms with Gasteiger partial charge < -0.3 is 0 Å². The van der Waals surface area contributed by atoms with Gasteiger partial charge in [-0.1, -0.05) is 65.7 Å². The monoisotopic (exact) mass is 454 g/mol. The lowest BCUT2D eigenvalue weighted by molar-refractivity contribution is 0.155. The third-order valence-electron chi connectivity index (χ3n) is 5.93. The van der Waals surface area contributed by atoms with E-state index in [1.807, 2.05) is 6.07 Å². The molecule has 4 rings (SSSR count). The van der Waals surface area contributed by atoms with Crippen molar-refractivity contribution >= 4 is 21.6 Å². The van der Waals surface area contributed by atoms with Crippen LogP contribution in [0.2, 0.25) is 5.02 Å². The molecule has 3 aromatic carbocycles. The Labute approximate surface area is 190 Å². The molecule has 31 heavy (non-hydrogen) atoms. The zero-order valence-electron chi connectivity index (χ0n) is 17.8. The van der Waals surface area contributed by atoms with Crippen molar-refractivity contribution in [1.82, 2.24) is 9.21 Å². The summed E-state index contributed by atoms with van der Waals surface area (Å²) in [6, 6.07) is 23.5. The lowest BCUT2D eigenvalue weighted by Crippen LogP contribution is -2.49. The highest BCUT2D eigenvalue weighted by molar-refractivity contribution is 7.89. The Balaban J connectivity index is 1.60. The highest BCUT2D eigenvalue weighted by Crippen LogP contribution is 2.33. The van der Waals surface area contributed by atoms with Gasteiger partial charge in [-0.15, -0.1) is 0 Å². The summed E-state index contributed by atoms with van der Waals surface area (Å²) in [5.41, 5.74) is 4.98. The van der Waals surface area contributed by atoms with Crippen LogP contribution in [0.25, 0.3) is 0 Å². The highest BCUT2D eigenvalue weighted by Gasteiger charge is 2.32. The zero-order chi connectivity index (χ0) is 22.0. The molecule has 6 heteroatoms. The molecule has 1 atom stereocenters. The molecule has 3 aromatic rings. The molecule has 0 spiro atoms.